The Bertz CT molecular complexity index is 319. The highest BCUT2D eigenvalue weighted by molar-refractivity contribution is 5.70. The Labute approximate surface area is 95.7 Å². The first-order valence-electron chi connectivity index (χ1n) is 5.56. The average molecular weight is 222 g/mol. The number of hydrogen-bond acceptors (Lipinski definition) is 2. The van der Waals surface area contributed by atoms with Crippen molar-refractivity contribution < 1.29 is 15.0 Å². The van der Waals surface area contributed by atoms with Crippen molar-refractivity contribution in [3.05, 3.63) is 35.9 Å². The molecule has 3 heteroatoms. The first kappa shape index (κ1) is 12.7. The molecule has 0 spiro atoms. The zero-order chi connectivity index (χ0) is 12.0. The normalized spacial score (nSPS) is 14.4. The van der Waals surface area contributed by atoms with Gasteiger partial charge in [0.15, 0.2) is 0 Å². The van der Waals surface area contributed by atoms with Crippen LogP contribution in [0.25, 0.3) is 0 Å². The van der Waals surface area contributed by atoms with Crippen LogP contribution in [0.5, 0.6) is 0 Å². The Morgan fingerprint density at radius 1 is 1.31 bits per heavy atom. The van der Waals surface area contributed by atoms with E-state index in [9.17, 15) is 9.90 Å². The molecule has 0 aliphatic rings. The number of carboxylic acids is 1. The average Bonchev–Trinajstić information content (AvgIpc) is 2.24. The van der Waals surface area contributed by atoms with Crippen LogP contribution in [0.4, 0.5) is 0 Å². The van der Waals surface area contributed by atoms with E-state index in [1.165, 1.54) is 12.5 Å². The summed E-state index contributed by atoms with van der Waals surface area (Å²) in [6, 6.07) is 9.95. The molecule has 0 heterocycles. The molecule has 16 heavy (non-hydrogen) atoms. The van der Waals surface area contributed by atoms with Gasteiger partial charge in [0.25, 0.3) is 0 Å². The van der Waals surface area contributed by atoms with Crippen LogP contribution in [0.15, 0.2) is 30.3 Å². The van der Waals surface area contributed by atoms with Gasteiger partial charge in [0.05, 0.1) is 12.0 Å². The monoisotopic (exact) mass is 222 g/mol. The van der Waals surface area contributed by atoms with E-state index < -0.39 is 18.0 Å². The van der Waals surface area contributed by atoms with Gasteiger partial charge in [-0.1, -0.05) is 30.3 Å². The fourth-order valence-electron chi connectivity index (χ4n) is 1.74. The molecule has 2 atom stereocenters. The molecular weight excluding hydrogens is 204 g/mol. The Morgan fingerprint density at radius 3 is 2.44 bits per heavy atom. The summed E-state index contributed by atoms with van der Waals surface area (Å²) in [4.78, 5) is 10.8. The minimum absolute atomic E-state index is 0.516. The van der Waals surface area contributed by atoms with Crippen LogP contribution in [0.2, 0.25) is 0 Å². The van der Waals surface area contributed by atoms with Crippen molar-refractivity contribution in [3.8, 4) is 0 Å². The molecule has 3 nitrogen and oxygen atoms in total. The predicted molar refractivity (Wildman–Crippen MR) is 62.2 cm³/mol. The maximum absolute atomic E-state index is 10.8. The Kier molecular flexibility index (Phi) is 4.99. The standard InChI is InChI=1S/C13H18O3/c1-10(14)12(13(15)16)9-5-8-11-6-3-2-4-7-11/h2-4,6-7,10,12,14H,5,8-9H2,1H3,(H,15,16). The molecule has 1 aromatic carbocycles. The van der Waals surface area contributed by atoms with Gasteiger partial charge in [0, 0.05) is 0 Å². The molecule has 0 saturated heterocycles. The van der Waals surface area contributed by atoms with E-state index in [-0.39, 0.29) is 0 Å². The number of aliphatic carboxylic acids is 1. The molecule has 0 aromatic heterocycles. The van der Waals surface area contributed by atoms with E-state index in [0.29, 0.717) is 6.42 Å². The van der Waals surface area contributed by atoms with Gasteiger partial charge >= 0.3 is 5.97 Å². The van der Waals surface area contributed by atoms with Gasteiger partial charge in [-0.2, -0.15) is 0 Å². The predicted octanol–water partition coefficient (Wildman–Crippen LogP) is 2.09. The molecule has 0 aliphatic carbocycles. The lowest BCUT2D eigenvalue weighted by Gasteiger charge is -2.14. The van der Waals surface area contributed by atoms with Crippen molar-refractivity contribution in [2.24, 2.45) is 5.92 Å². The molecule has 0 aliphatic heterocycles. The van der Waals surface area contributed by atoms with Crippen molar-refractivity contribution >= 4 is 5.97 Å². The Balaban J connectivity index is 2.37. The minimum Gasteiger partial charge on any atom is -0.481 e. The number of aliphatic hydroxyl groups is 1. The molecule has 2 unspecified atom stereocenters. The molecule has 0 fully saturated rings. The number of hydrogen-bond donors (Lipinski definition) is 2. The van der Waals surface area contributed by atoms with E-state index in [4.69, 9.17) is 5.11 Å². The third-order valence-electron chi connectivity index (χ3n) is 2.72. The maximum Gasteiger partial charge on any atom is 0.309 e. The van der Waals surface area contributed by atoms with E-state index in [0.717, 1.165) is 12.8 Å². The fourth-order valence-corrected chi connectivity index (χ4v) is 1.74. The topological polar surface area (TPSA) is 57.5 Å². The van der Waals surface area contributed by atoms with Crippen molar-refractivity contribution in [2.45, 2.75) is 32.3 Å². The van der Waals surface area contributed by atoms with Crippen LogP contribution in [0, 0.1) is 5.92 Å². The van der Waals surface area contributed by atoms with Gasteiger partial charge in [0.2, 0.25) is 0 Å². The highest BCUT2D eigenvalue weighted by Crippen LogP contribution is 2.14. The van der Waals surface area contributed by atoms with Gasteiger partial charge in [-0.25, -0.2) is 0 Å². The summed E-state index contributed by atoms with van der Waals surface area (Å²) in [6.07, 6.45) is 1.37. The number of rotatable bonds is 6. The largest absolute Gasteiger partial charge is 0.481 e. The van der Waals surface area contributed by atoms with Crippen LogP contribution < -0.4 is 0 Å². The second-order valence-electron chi connectivity index (χ2n) is 4.06. The number of carbonyl (C=O) groups is 1. The summed E-state index contributed by atoms with van der Waals surface area (Å²) >= 11 is 0. The van der Waals surface area contributed by atoms with Crippen LogP contribution in [-0.2, 0) is 11.2 Å². The molecule has 1 aromatic rings. The minimum atomic E-state index is -0.914. The van der Waals surface area contributed by atoms with Crippen molar-refractivity contribution in [1.29, 1.82) is 0 Å². The van der Waals surface area contributed by atoms with Crippen molar-refractivity contribution in [3.63, 3.8) is 0 Å². The Morgan fingerprint density at radius 2 is 1.94 bits per heavy atom. The molecular formula is C13H18O3. The van der Waals surface area contributed by atoms with Gasteiger partial charge < -0.3 is 10.2 Å². The van der Waals surface area contributed by atoms with Gasteiger partial charge in [0.1, 0.15) is 0 Å². The maximum atomic E-state index is 10.8. The van der Waals surface area contributed by atoms with Crippen LogP contribution in [-0.4, -0.2) is 22.3 Å². The molecule has 88 valence electrons. The molecule has 0 amide bonds. The summed E-state index contributed by atoms with van der Waals surface area (Å²) in [7, 11) is 0. The number of benzene rings is 1. The Hall–Kier alpha value is -1.35. The fraction of sp³-hybridized carbons (Fsp3) is 0.462. The van der Waals surface area contributed by atoms with E-state index in [1.807, 2.05) is 30.3 Å². The molecule has 0 bridgehead atoms. The lowest BCUT2D eigenvalue weighted by molar-refractivity contribution is -0.145. The third-order valence-corrected chi connectivity index (χ3v) is 2.72. The highest BCUT2D eigenvalue weighted by Gasteiger charge is 2.22. The molecule has 0 radical (unpaired) electrons. The molecule has 2 N–H and O–H groups in total. The number of carboxylic acid groups (broad SMARTS) is 1. The zero-order valence-corrected chi connectivity index (χ0v) is 9.47. The highest BCUT2D eigenvalue weighted by atomic mass is 16.4. The summed E-state index contributed by atoms with van der Waals surface area (Å²) in [5.41, 5.74) is 1.21. The zero-order valence-electron chi connectivity index (χ0n) is 9.47. The quantitative estimate of drug-likeness (QED) is 0.774. The first-order valence-corrected chi connectivity index (χ1v) is 5.56. The number of aryl methyl sites for hydroxylation is 1. The summed E-state index contributed by atoms with van der Waals surface area (Å²) in [5.74, 6) is -1.56. The summed E-state index contributed by atoms with van der Waals surface area (Å²) in [6.45, 7) is 1.53. The second-order valence-corrected chi connectivity index (χ2v) is 4.06. The van der Waals surface area contributed by atoms with E-state index in [2.05, 4.69) is 0 Å². The van der Waals surface area contributed by atoms with Crippen molar-refractivity contribution in [1.82, 2.24) is 0 Å². The lowest BCUT2D eigenvalue weighted by atomic mass is 9.95. The van der Waals surface area contributed by atoms with Gasteiger partial charge in [-0.05, 0) is 31.7 Å². The number of aliphatic hydroxyl groups excluding tert-OH is 1. The summed E-state index contributed by atoms with van der Waals surface area (Å²) < 4.78 is 0. The smallest absolute Gasteiger partial charge is 0.309 e. The first-order chi connectivity index (χ1) is 7.61. The second kappa shape index (κ2) is 6.28. The van der Waals surface area contributed by atoms with Crippen LogP contribution in [0.3, 0.4) is 0 Å². The van der Waals surface area contributed by atoms with Crippen LogP contribution >= 0.6 is 0 Å². The van der Waals surface area contributed by atoms with Crippen molar-refractivity contribution in [2.75, 3.05) is 0 Å². The van der Waals surface area contributed by atoms with Gasteiger partial charge in [-0.15, -0.1) is 0 Å². The molecule has 0 saturated carbocycles. The molecule has 1 rings (SSSR count). The van der Waals surface area contributed by atoms with E-state index in [1.54, 1.807) is 0 Å². The van der Waals surface area contributed by atoms with Crippen LogP contribution in [0.1, 0.15) is 25.3 Å². The van der Waals surface area contributed by atoms with Gasteiger partial charge in [-0.3, -0.25) is 4.79 Å². The van der Waals surface area contributed by atoms with E-state index >= 15 is 0 Å². The summed E-state index contributed by atoms with van der Waals surface area (Å²) in [5, 5.41) is 18.2. The SMILES string of the molecule is CC(O)C(CCCc1ccccc1)C(=O)O. The third kappa shape index (κ3) is 4.03. The lowest BCUT2D eigenvalue weighted by Crippen LogP contribution is -2.25.